The minimum atomic E-state index is -5.85. The number of rotatable bonds is 7. The molecule has 0 bridgehead atoms. The van der Waals surface area contributed by atoms with Crippen LogP contribution in [-0.2, 0) is 11.3 Å². The molecule has 10 heteroatoms. The van der Waals surface area contributed by atoms with Crippen molar-refractivity contribution in [3.05, 3.63) is 58.2 Å². The van der Waals surface area contributed by atoms with Crippen LogP contribution < -0.4 is 0 Å². The van der Waals surface area contributed by atoms with E-state index in [2.05, 4.69) is 26.8 Å². The third kappa shape index (κ3) is 5.73. The van der Waals surface area contributed by atoms with Crippen molar-refractivity contribution in [3.8, 4) is 0 Å². The maximum absolute atomic E-state index is 15.3. The van der Waals surface area contributed by atoms with Gasteiger partial charge in [0.1, 0.15) is 5.60 Å². The molecule has 0 radical (unpaired) electrons. The van der Waals surface area contributed by atoms with E-state index in [4.69, 9.17) is 0 Å². The lowest BCUT2D eigenvalue weighted by Crippen LogP contribution is -2.65. The molecule has 6 aliphatic rings. The first-order chi connectivity index (χ1) is 22.3. The number of likely N-dealkylation sites (tertiary alicyclic amines) is 1. The van der Waals surface area contributed by atoms with Gasteiger partial charge in [-0.2, -0.15) is 22.0 Å². The molecule has 2 heterocycles. The molecule has 2 saturated heterocycles. The van der Waals surface area contributed by atoms with Crippen LogP contribution in [0.15, 0.2) is 47.1 Å². The Morgan fingerprint density at radius 2 is 1.49 bits per heavy atom. The van der Waals surface area contributed by atoms with Crippen molar-refractivity contribution >= 4 is 5.78 Å². The Morgan fingerprint density at radius 3 is 2.15 bits per heavy atom. The van der Waals surface area contributed by atoms with Crippen LogP contribution in [0.4, 0.5) is 22.0 Å². The fourth-order valence-corrected chi connectivity index (χ4v) is 10.3. The summed E-state index contributed by atoms with van der Waals surface area (Å²) in [5, 5.41) is 11.5. The maximum Gasteiger partial charge on any atom is 0.456 e. The molecule has 1 aromatic carbocycles. The molecular weight excluding hydrogens is 613 g/mol. The van der Waals surface area contributed by atoms with Gasteiger partial charge in [0.15, 0.2) is 5.78 Å². The number of carbonyl (C=O) groups is 1. The lowest BCUT2D eigenvalue weighted by molar-refractivity contribution is -0.362. The summed E-state index contributed by atoms with van der Waals surface area (Å²) >= 11 is 0. The second kappa shape index (κ2) is 12.3. The number of allylic oxidation sites excluding steroid dienone is 4. The highest BCUT2D eigenvalue weighted by atomic mass is 19.4. The summed E-state index contributed by atoms with van der Waals surface area (Å²) in [7, 11) is 0. The van der Waals surface area contributed by atoms with Crippen LogP contribution in [0.2, 0.25) is 0 Å². The first kappa shape index (κ1) is 33.4. The molecule has 2 unspecified atom stereocenters. The predicted octanol–water partition coefficient (Wildman–Crippen LogP) is 6.73. The lowest BCUT2D eigenvalue weighted by atomic mass is 9.50. The van der Waals surface area contributed by atoms with Gasteiger partial charge in [0, 0.05) is 63.6 Å². The number of ketones is 1. The molecule has 0 spiro atoms. The van der Waals surface area contributed by atoms with Gasteiger partial charge in [-0.05, 0) is 105 Å². The Bertz CT molecular complexity index is 1410. The van der Waals surface area contributed by atoms with E-state index in [-0.39, 0.29) is 24.5 Å². The number of aliphatic hydroxyl groups is 1. The number of piperazine rings is 1. The normalized spacial score (nSPS) is 34.3. The molecule has 2 aliphatic heterocycles. The van der Waals surface area contributed by atoms with Gasteiger partial charge in [-0.25, -0.2) is 0 Å². The Balaban J connectivity index is 1.13. The third-order valence-corrected chi connectivity index (χ3v) is 12.9. The zero-order chi connectivity index (χ0) is 33.2. The smallest absolute Gasteiger partial charge is 0.383 e. The van der Waals surface area contributed by atoms with E-state index in [9.17, 15) is 23.1 Å². The monoisotopic (exact) mass is 661 g/mol. The molecule has 2 saturated carbocycles. The molecule has 4 fully saturated rings. The number of nitrogens with zero attached hydrogens (tertiary/aromatic N) is 3. The Labute approximate surface area is 274 Å². The zero-order valence-electron chi connectivity index (χ0n) is 27.4. The summed E-state index contributed by atoms with van der Waals surface area (Å²) < 4.78 is 72.1. The van der Waals surface area contributed by atoms with Gasteiger partial charge in [-0.3, -0.25) is 14.6 Å². The van der Waals surface area contributed by atoms with E-state index in [1.54, 1.807) is 6.08 Å². The molecule has 1 N–H and O–H groups in total. The van der Waals surface area contributed by atoms with E-state index in [0.29, 0.717) is 25.7 Å². The second-order valence-corrected chi connectivity index (χ2v) is 15.4. The highest BCUT2D eigenvalue weighted by Gasteiger charge is 2.79. The average Bonchev–Trinajstić information content (AvgIpc) is 3.66. The molecule has 0 aromatic heterocycles. The molecule has 1 aromatic rings. The molecule has 47 heavy (non-hydrogen) atoms. The minimum Gasteiger partial charge on any atom is -0.383 e. The van der Waals surface area contributed by atoms with Crippen LogP contribution in [0, 0.1) is 17.3 Å². The number of fused-ring (bicyclic) bond motifs is 4. The third-order valence-electron chi connectivity index (χ3n) is 12.9. The fourth-order valence-electron chi connectivity index (χ4n) is 10.3. The largest absolute Gasteiger partial charge is 0.456 e. The molecular formula is C37H48F5N3O2. The van der Waals surface area contributed by atoms with Gasteiger partial charge < -0.3 is 10.0 Å². The van der Waals surface area contributed by atoms with Crippen molar-refractivity contribution in [2.45, 2.75) is 94.9 Å². The highest BCUT2D eigenvalue weighted by Crippen LogP contribution is 2.70. The maximum atomic E-state index is 15.3. The number of carbonyl (C=O) groups excluding carboxylic acids is 1. The fraction of sp³-hybridized carbons (Fsp3) is 0.703. The molecule has 258 valence electrons. The lowest BCUT2D eigenvalue weighted by Gasteiger charge is -2.56. The van der Waals surface area contributed by atoms with Crippen molar-refractivity contribution in [1.82, 2.24) is 14.7 Å². The first-order valence-corrected chi connectivity index (χ1v) is 17.7. The zero-order valence-corrected chi connectivity index (χ0v) is 27.4. The summed E-state index contributed by atoms with van der Waals surface area (Å²) in [6, 6.07) is 8.17. The van der Waals surface area contributed by atoms with Crippen molar-refractivity contribution < 1.29 is 31.9 Å². The number of hydrogen-bond acceptors (Lipinski definition) is 5. The SMILES string of the molecule is C[C@]12C[C@H](c3ccc(CN4CCN(CCN5CCCC5)CC4)cc3)C3=C4CCC(=O)C=C4CCC3C1CC[C@@]2(O)C(F)(F)C(F)(F)F. The van der Waals surface area contributed by atoms with Crippen LogP contribution in [0.1, 0.15) is 81.8 Å². The van der Waals surface area contributed by atoms with Crippen molar-refractivity contribution in [2.24, 2.45) is 17.3 Å². The van der Waals surface area contributed by atoms with E-state index in [0.717, 1.165) is 73.7 Å². The molecule has 0 amide bonds. The van der Waals surface area contributed by atoms with Crippen LogP contribution in [0.25, 0.3) is 0 Å². The highest BCUT2D eigenvalue weighted by molar-refractivity contribution is 5.93. The first-order valence-electron chi connectivity index (χ1n) is 17.7. The Morgan fingerprint density at radius 1 is 0.851 bits per heavy atom. The van der Waals surface area contributed by atoms with E-state index in [1.807, 2.05) is 12.1 Å². The van der Waals surface area contributed by atoms with Crippen LogP contribution in [-0.4, -0.2) is 95.6 Å². The predicted molar refractivity (Wildman–Crippen MR) is 170 cm³/mol. The minimum absolute atomic E-state index is 0.00906. The Hall–Kier alpha value is -2.14. The van der Waals surface area contributed by atoms with Crippen LogP contribution in [0.5, 0.6) is 0 Å². The quantitative estimate of drug-likeness (QED) is 0.329. The standard InChI is InChI=1S/C37H48F5N3O2/c1-34-23-31(26-6-4-25(5-7-26)24-45-20-18-44(19-21-45)17-16-43-14-2-3-15-43)33-29-11-9-28(46)22-27(29)8-10-30(33)32(34)12-13-35(34,47)36(38,39)37(40,41)42/h4-7,22,30-32,47H,2-3,8-21,23-24H2,1H3/t30?,31-,32?,34+,35+/m1/s1. The van der Waals surface area contributed by atoms with E-state index >= 15 is 8.78 Å². The number of hydrogen-bond donors (Lipinski definition) is 1. The van der Waals surface area contributed by atoms with Crippen molar-refractivity contribution in [3.63, 3.8) is 0 Å². The van der Waals surface area contributed by atoms with Gasteiger partial charge in [-0.1, -0.05) is 36.8 Å². The summed E-state index contributed by atoms with van der Waals surface area (Å²) in [5.41, 5.74) is 0.396. The van der Waals surface area contributed by atoms with Gasteiger partial charge in [0.05, 0.1) is 0 Å². The summed E-state index contributed by atoms with van der Waals surface area (Å²) in [5.74, 6) is -6.25. The van der Waals surface area contributed by atoms with Gasteiger partial charge in [0.2, 0.25) is 0 Å². The van der Waals surface area contributed by atoms with Gasteiger partial charge in [0.25, 0.3) is 0 Å². The van der Waals surface area contributed by atoms with Gasteiger partial charge in [-0.15, -0.1) is 0 Å². The van der Waals surface area contributed by atoms with E-state index in [1.165, 1.54) is 32.9 Å². The van der Waals surface area contributed by atoms with Crippen LogP contribution in [0.3, 0.4) is 0 Å². The molecule has 4 aliphatic carbocycles. The van der Waals surface area contributed by atoms with Crippen molar-refractivity contribution in [2.75, 3.05) is 52.4 Å². The Kier molecular flexibility index (Phi) is 8.75. The number of alkyl halides is 5. The van der Waals surface area contributed by atoms with Gasteiger partial charge >= 0.3 is 12.1 Å². The average molecular weight is 662 g/mol. The summed E-state index contributed by atoms with van der Waals surface area (Å²) in [6.07, 6.45) is 0.168. The molecule has 7 rings (SSSR count). The summed E-state index contributed by atoms with van der Waals surface area (Å²) in [6.45, 7) is 11.0. The second-order valence-electron chi connectivity index (χ2n) is 15.4. The van der Waals surface area contributed by atoms with Crippen molar-refractivity contribution in [1.29, 1.82) is 0 Å². The van der Waals surface area contributed by atoms with E-state index < -0.39 is 41.4 Å². The van der Waals surface area contributed by atoms with Crippen LogP contribution >= 0.6 is 0 Å². The topological polar surface area (TPSA) is 47.0 Å². The number of benzene rings is 1. The molecule has 5 atom stereocenters. The molecule has 5 nitrogen and oxygen atoms in total. The summed E-state index contributed by atoms with van der Waals surface area (Å²) in [4.78, 5) is 19.9. The number of halogens is 5.